The van der Waals surface area contributed by atoms with E-state index in [0.29, 0.717) is 28.7 Å². The molecule has 0 saturated heterocycles. The van der Waals surface area contributed by atoms with E-state index >= 15 is 0 Å². The van der Waals surface area contributed by atoms with Crippen molar-refractivity contribution in [2.75, 3.05) is 17.2 Å². The van der Waals surface area contributed by atoms with Crippen LogP contribution in [-0.2, 0) is 19.2 Å². The van der Waals surface area contributed by atoms with Crippen LogP contribution in [0.2, 0.25) is 0 Å². The molecule has 0 spiro atoms. The molecular weight excluding hydrogens is 420 g/mol. The van der Waals surface area contributed by atoms with E-state index in [1.807, 2.05) is 0 Å². The monoisotopic (exact) mass is 436 g/mol. The lowest BCUT2D eigenvalue weighted by Gasteiger charge is -2.18. The van der Waals surface area contributed by atoms with Crippen LogP contribution in [0.3, 0.4) is 0 Å². The molecule has 2 aromatic rings. The van der Waals surface area contributed by atoms with Crippen molar-refractivity contribution in [1.29, 1.82) is 0 Å². The number of aromatic amines is 1. The van der Waals surface area contributed by atoms with Gasteiger partial charge in [0.15, 0.2) is 17.4 Å². The van der Waals surface area contributed by atoms with Gasteiger partial charge in [0, 0.05) is 30.5 Å². The van der Waals surface area contributed by atoms with Gasteiger partial charge in [-0.3, -0.25) is 19.2 Å². The summed E-state index contributed by atoms with van der Waals surface area (Å²) in [6.07, 6.45) is 6.31. The number of benzene rings is 1. The van der Waals surface area contributed by atoms with Crippen LogP contribution in [0, 0.1) is 0 Å². The maximum Gasteiger partial charge on any atom is 0.258 e. The van der Waals surface area contributed by atoms with E-state index < -0.39 is 6.04 Å². The molecule has 0 saturated carbocycles. The number of carbonyl (C=O) groups is 4. The van der Waals surface area contributed by atoms with Gasteiger partial charge in [0.2, 0.25) is 0 Å². The molecule has 4 rings (SSSR count). The Morgan fingerprint density at radius 2 is 1.74 bits per heavy atom. The molecule has 0 bridgehead atoms. The Bertz CT molecular complexity index is 1100. The van der Waals surface area contributed by atoms with Crippen LogP contribution in [-0.4, -0.2) is 56.3 Å². The molecule has 1 atom stereocenters. The van der Waals surface area contributed by atoms with Gasteiger partial charge in [0.05, 0.1) is 16.6 Å². The third-order valence-electron chi connectivity index (χ3n) is 4.54. The van der Waals surface area contributed by atoms with E-state index in [1.54, 1.807) is 24.3 Å². The number of thioether (sulfide) groups is 1. The molecule has 156 valence electrons. The van der Waals surface area contributed by atoms with Crippen LogP contribution in [0.4, 0.5) is 5.69 Å². The van der Waals surface area contributed by atoms with Gasteiger partial charge >= 0.3 is 0 Å². The Kier molecular flexibility index (Phi) is 5.96. The molecule has 10 nitrogen and oxygen atoms in total. The molecular formula is C20H16N6O4S. The molecule has 1 aliphatic carbocycles. The van der Waals surface area contributed by atoms with Crippen molar-refractivity contribution in [2.45, 2.75) is 6.04 Å². The van der Waals surface area contributed by atoms with Gasteiger partial charge in [-0.05, 0) is 29.8 Å². The van der Waals surface area contributed by atoms with Crippen LogP contribution in [0.1, 0.15) is 17.4 Å². The number of anilines is 1. The van der Waals surface area contributed by atoms with E-state index in [-0.39, 0.29) is 23.4 Å². The Labute approximate surface area is 180 Å². The highest BCUT2D eigenvalue weighted by Crippen LogP contribution is 2.25. The molecule has 0 fully saturated rings. The fourth-order valence-corrected chi connectivity index (χ4v) is 3.94. The zero-order valence-electron chi connectivity index (χ0n) is 16.0. The summed E-state index contributed by atoms with van der Waals surface area (Å²) in [7, 11) is 0. The number of tetrazole rings is 1. The third kappa shape index (κ3) is 4.57. The summed E-state index contributed by atoms with van der Waals surface area (Å²) in [5.41, 5.74) is 1.26. The number of hydrogen-bond acceptors (Lipinski definition) is 9. The number of aromatic nitrogens is 4. The minimum absolute atomic E-state index is 0.185. The zero-order valence-corrected chi connectivity index (χ0v) is 16.8. The number of imide groups is 1. The largest absolute Gasteiger partial charge is 0.303 e. The standard InChI is InChI=1S/C20H16N6O4S/c27-14-5-6-15(28)16(11-14)31-10-9-21-19(20-22-24-25-23-20)12-1-3-13(4-2-12)26-17(29)7-8-18(26)30/h1-8,11,19,21H,9-10H2,(H,22,23,24,25). The summed E-state index contributed by atoms with van der Waals surface area (Å²) < 4.78 is 0. The summed E-state index contributed by atoms with van der Waals surface area (Å²) in [5, 5.41) is 17.4. The van der Waals surface area contributed by atoms with Crippen molar-refractivity contribution in [3.05, 3.63) is 70.9 Å². The smallest absolute Gasteiger partial charge is 0.258 e. The molecule has 1 aromatic heterocycles. The first kappa shape index (κ1) is 20.6. The molecule has 0 radical (unpaired) electrons. The second kappa shape index (κ2) is 8.98. The van der Waals surface area contributed by atoms with E-state index in [1.165, 1.54) is 42.1 Å². The van der Waals surface area contributed by atoms with E-state index in [2.05, 4.69) is 25.9 Å². The van der Waals surface area contributed by atoms with Gasteiger partial charge in [-0.15, -0.1) is 22.0 Å². The van der Waals surface area contributed by atoms with Crippen LogP contribution in [0.5, 0.6) is 0 Å². The number of ketones is 2. The van der Waals surface area contributed by atoms with Crippen LogP contribution in [0.15, 0.2) is 59.6 Å². The molecule has 2 amide bonds. The molecule has 2 aliphatic rings. The molecule has 1 unspecified atom stereocenters. The minimum Gasteiger partial charge on any atom is -0.303 e. The van der Waals surface area contributed by atoms with Gasteiger partial charge in [-0.1, -0.05) is 17.3 Å². The van der Waals surface area contributed by atoms with Gasteiger partial charge in [0.25, 0.3) is 11.8 Å². The lowest BCUT2D eigenvalue weighted by Crippen LogP contribution is -2.29. The fraction of sp³-hybridized carbons (Fsp3) is 0.150. The summed E-state index contributed by atoms with van der Waals surface area (Å²) >= 11 is 1.29. The first-order chi connectivity index (χ1) is 15.0. The number of H-pyrrole nitrogens is 1. The second-order valence-corrected chi connectivity index (χ2v) is 7.69. The predicted octanol–water partition coefficient (Wildman–Crippen LogP) is 0.633. The fourth-order valence-electron chi connectivity index (χ4n) is 3.09. The van der Waals surface area contributed by atoms with Crippen LogP contribution >= 0.6 is 11.8 Å². The molecule has 2 heterocycles. The van der Waals surface area contributed by atoms with Crippen molar-refractivity contribution in [3.8, 4) is 0 Å². The normalized spacial score (nSPS) is 16.9. The molecule has 1 aromatic carbocycles. The molecule has 31 heavy (non-hydrogen) atoms. The van der Waals surface area contributed by atoms with Crippen LogP contribution < -0.4 is 10.2 Å². The van der Waals surface area contributed by atoms with Gasteiger partial charge in [-0.2, -0.15) is 5.21 Å². The van der Waals surface area contributed by atoms with Crippen molar-refractivity contribution in [3.63, 3.8) is 0 Å². The highest BCUT2D eigenvalue weighted by Gasteiger charge is 2.26. The van der Waals surface area contributed by atoms with Crippen molar-refractivity contribution < 1.29 is 19.2 Å². The first-order valence-electron chi connectivity index (χ1n) is 9.26. The Hall–Kier alpha value is -3.70. The van der Waals surface area contributed by atoms with Crippen molar-refractivity contribution in [1.82, 2.24) is 25.9 Å². The highest BCUT2D eigenvalue weighted by atomic mass is 32.2. The quantitative estimate of drug-likeness (QED) is 0.347. The van der Waals surface area contributed by atoms with Gasteiger partial charge in [-0.25, -0.2) is 4.90 Å². The number of hydrogen-bond donors (Lipinski definition) is 2. The van der Waals surface area contributed by atoms with Crippen LogP contribution in [0.25, 0.3) is 0 Å². The minimum atomic E-state index is -0.408. The number of nitrogens with zero attached hydrogens (tertiary/aromatic N) is 4. The summed E-state index contributed by atoms with van der Waals surface area (Å²) in [6, 6.07) is 6.47. The maximum atomic E-state index is 11.9. The number of nitrogens with one attached hydrogen (secondary N) is 2. The maximum absolute atomic E-state index is 11.9. The molecule has 2 N–H and O–H groups in total. The van der Waals surface area contributed by atoms with Gasteiger partial charge < -0.3 is 5.32 Å². The van der Waals surface area contributed by atoms with Crippen molar-refractivity contribution >= 4 is 40.8 Å². The second-order valence-electron chi connectivity index (χ2n) is 6.55. The number of carbonyl (C=O) groups excluding carboxylic acids is 4. The SMILES string of the molecule is O=C1C=CC(=O)C(SCCNC(c2ccc(N3C(=O)C=CC3=O)cc2)c2nn[nH]n2)=C1. The average molecular weight is 436 g/mol. The lowest BCUT2D eigenvalue weighted by atomic mass is 10.1. The zero-order chi connectivity index (χ0) is 21.8. The van der Waals surface area contributed by atoms with Crippen molar-refractivity contribution in [2.24, 2.45) is 0 Å². The molecule has 11 heteroatoms. The Morgan fingerprint density at radius 1 is 1.00 bits per heavy atom. The third-order valence-corrected chi connectivity index (χ3v) is 5.58. The first-order valence-corrected chi connectivity index (χ1v) is 10.2. The summed E-state index contributed by atoms with van der Waals surface area (Å²) in [6.45, 7) is 0.487. The predicted molar refractivity (Wildman–Crippen MR) is 112 cm³/mol. The number of rotatable bonds is 8. The summed E-state index contributed by atoms with van der Waals surface area (Å²) in [5.74, 6) is -0.211. The number of amides is 2. The summed E-state index contributed by atoms with van der Waals surface area (Å²) in [4.78, 5) is 48.5. The average Bonchev–Trinajstić information content (AvgIpc) is 3.41. The van der Waals surface area contributed by atoms with E-state index in [4.69, 9.17) is 0 Å². The lowest BCUT2D eigenvalue weighted by molar-refractivity contribution is -0.120. The van der Waals surface area contributed by atoms with E-state index in [9.17, 15) is 19.2 Å². The highest BCUT2D eigenvalue weighted by molar-refractivity contribution is 8.04. The van der Waals surface area contributed by atoms with Gasteiger partial charge in [0.1, 0.15) is 0 Å². The Morgan fingerprint density at radius 3 is 2.42 bits per heavy atom. The topological polar surface area (TPSA) is 138 Å². The van der Waals surface area contributed by atoms with E-state index in [0.717, 1.165) is 10.5 Å². The number of allylic oxidation sites excluding steroid dienone is 4. The molecule has 1 aliphatic heterocycles. The Balaban J connectivity index is 1.43.